The van der Waals surface area contributed by atoms with Crippen LogP contribution < -0.4 is 26.0 Å². The fourth-order valence-electron chi connectivity index (χ4n) is 4.55. The normalized spacial score (nSPS) is 17.2. The van der Waals surface area contributed by atoms with Gasteiger partial charge in [-0.25, -0.2) is 4.39 Å². The van der Waals surface area contributed by atoms with Gasteiger partial charge in [0, 0.05) is 12.0 Å². The third-order valence-corrected chi connectivity index (χ3v) is 6.56. The zero-order chi connectivity index (χ0) is 26.7. The highest BCUT2D eigenvalue weighted by Crippen LogP contribution is 2.48. The Morgan fingerprint density at radius 3 is 2.62 bits per heavy atom. The van der Waals surface area contributed by atoms with Crippen molar-refractivity contribution in [2.24, 2.45) is 0 Å². The minimum Gasteiger partial charge on any atom is -0.486 e. The van der Waals surface area contributed by atoms with Crippen LogP contribution in [-0.4, -0.2) is 17.8 Å². The quantitative estimate of drug-likeness (QED) is 0.271. The first kappa shape index (κ1) is 25.0. The largest absolute Gasteiger partial charge is 0.486 e. The first-order valence-electron chi connectivity index (χ1n) is 11.4. The van der Waals surface area contributed by atoms with Crippen molar-refractivity contribution in [2.75, 3.05) is 21.3 Å². The lowest BCUT2D eigenvalue weighted by Crippen LogP contribution is -2.32. The summed E-state index contributed by atoms with van der Waals surface area (Å²) in [6.07, 6.45) is -4.69. The summed E-state index contributed by atoms with van der Waals surface area (Å²) in [4.78, 5) is 13.2. The highest BCUT2D eigenvalue weighted by molar-refractivity contribution is 6.33. The van der Waals surface area contributed by atoms with Crippen LogP contribution >= 0.6 is 11.6 Å². The summed E-state index contributed by atoms with van der Waals surface area (Å²) < 4.78 is 59.8. The van der Waals surface area contributed by atoms with Gasteiger partial charge in [-0.15, -0.1) is 0 Å². The van der Waals surface area contributed by atoms with Gasteiger partial charge in [0.25, 0.3) is 5.91 Å². The number of alkyl halides is 3. The molecule has 11 heteroatoms. The third-order valence-electron chi connectivity index (χ3n) is 6.25. The van der Waals surface area contributed by atoms with Crippen LogP contribution in [0.5, 0.6) is 5.75 Å². The predicted octanol–water partition coefficient (Wildman–Crippen LogP) is 7.01. The average molecular weight is 535 g/mol. The number of para-hydroxylation sites is 1. The van der Waals surface area contributed by atoms with E-state index in [1.54, 1.807) is 6.07 Å². The van der Waals surface area contributed by atoms with E-state index in [0.29, 0.717) is 35.3 Å². The molecule has 1 unspecified atom stereocenters. The molecule has 6 nitrogen and oxygen atoms in total. The zero-order valence-electron chi connectivity index (χ0n) is 20.0. The number of amides is 1. The van der Waals surface area contributed by atoms with Gasteiger partial charge in [-0.2, -0.15) is 13.2 Å². The number of benzene rings is 3. The maximum atomic E-state index is 14.3. The van der Waals surface area contributed by atoms with Crippen molar-refractivity contribution in [1.29, 1.82) is 0 Å². The molecule has 0 aromatic heterocycles. The number of hydrogen-bond donors (Lipinski definition) is 4. The second kappa shape index (κ2) is 8.72. The van der Waals surface area contributed by atoms with Crippen molar-refractivity contribution in [1.82, 2.24) is 0 Å². The van der Waals surface area contributed by atoms with Gasteiger partial charge in [-0.05, 0) is 56.7 Å². The fourth-order valence-corrected chi connectivity index (χ4v) is 4.82. The van der Waals surface area contributed by atoms with Crippen molar-refractivity contribution in [2.45, 2.75) is 45.3 Å². The van der Waals surface area contributed by atoms with Crippen molar-refractivity contribution in [3.63, 3.8) is 0 Å². The Kier molecular flexibility index (Phi) is 5.90. The maximum absolute atomic E-state index is 14.3. The highest BCUT2D eigenvalue weighted by atomic mass is 35.5. The zero-order valence-corrected chi connectivity index (χ0v) is 20.8. The summed E-state index contributed by atoms with van der Waals surface area (Å²) in [5.41, 5.74) is 1.48. The molecule has 5 rings (SSSR count). The molecule has 0 saturated heterocycles. The minimum atomic E-state index is -4.69. The smallest absolute Gasteiger partial charge is 0.416 e. The number of hydrogen-bond acceptors (Lipinski definition) is 5. The van der Waals surface area contributed by atoms with Gasteiger partial charge >= 0.3 is 6.18 Å². The first-order valence-corrected chi connectivity index (χ1v) is 11.8. The van der Waals surface area contributed by atoms with E-state index in [1.807, 2.05) is 32.9 Å². The molecule has 1 atom stereocenters. The SMILES string of the molecule is Cc1cccc(Cl)c1NC1Nc2cc(C(=O)Nc3cc(C(F)(F)F)ccc3F)c3c(c2N1)CC(C)(C)O3. The van der Waals surface area contributed by atoms with E-state index in [1.165, 1.54) is 6.07 Å². The lowest BCUT2D eigenvalue weighted by molar-refractivity contribution is -0.137. The van der Waals surface area contributed by atoms with Crippen LogP contribution in [0.3, 0.4) is 0 Å². The Bertz CT molecular complexity index is 1400. The maximum Gasteiger partial charge on any atom is 0.416 e. The van der Waals surface area contributed by atoms with Crippen LogP contribution in [0, 0.1) is 12.7 Å². The summed E-state index contributed by atoms with van der Waals surface area (Å²) in [5, 5.41) is 12.7. The van der Waals surface area contributed by atoms with Crippen molar-refractivity contribution in [3.05, 3.63) is 75.6 Å². The summed E-state index contributed by atoms with van der Waals surface area (Å²) >= 11 is 6.35. The van der Waals surface area contributed by atoms with Crippen molar-refractivity contribution < 1.29 is 27.1 Å². The summed E-state index contributed by atoms with van der Waals surface area (Å²) in [7, 11) is 0. The molecule has 0 bridgehead atoms. The molecule has 0 saturated carbocycles. The average Bonchev–Trinajstić information content (AvgIpc) is 3.35. The van der Waals surface area contributed by atoms with Crippen LogP contribution in [0.4, 0.5) is 40.3 Å². The molecular weight excluding hydrogens is 512 g/mol. The standard InChI is InChI=1S/C26H23ClF4N4O2/c1-12-5-4-6-16(27)20(12)34-24-33-19-10-14(22-15(21(19)35-24)11-25(2,3)37-22)23(36)32-18-9-13(26(29,30)31)7-8-17(18)28/h4-10,24,33-35H,11H2,1-3H3,(H,32,36). The number of aryl methyl sites for hydroxylation is 1. The van der Waals surface area contributed by atoms with Gasteiger partial charge in [0.1, 0.15) is 17.2 Å². The van der Waals surface area contributed by atoms with Gasteiger partial charge in [-0.1, -0.05) is 23.7 Å². The van der Waals surface area contributed by atoms with Crippen LogP contribution in [0.2, 0.25) is 5.02 Å². The second-order valence-electron chi connectivity index (χ2n) is 9.64. The molecule has 2 aliphatic rings. The molecule has 2 heterocycles. The van der Waals surface area contributed by atoms with E-state index < -0.39 is 41.0 Å². The van der Waals surface area contributed by atoms with Crippen LogP contribution in [-0.2, 0) is 12.6 Å². The number of carbonyl (C=O) groups is 1. The monoisotopic (exact) mass is 534 g/mol. The molecule has 0 aliphatic carbocycles. The van der Waals surface area contributed by atoms with E-state index in [4.69, 9.17) is 16.3 Å². The molecule has 1 amide bonds. The van der Waals surface area contributed by atoms with Gasteiger partial charge < -0.3 is 26.0 Å². The topological polar surface area (TPSA) is 74.4 Å². The number of nitrogens with one attached hydrogen (secondary N) is 4. The Hall–Kier alpha value is -3.66. The number of ether oxygens (including phenoxy) is 1. The van der Waals surface area contributed by atoms with Gasteiger partial charge in [0.05, 0.1) is 38.9 Å². The molecule has 194 valence electrons. The van der Waals surface area contributed by atoms with Crippen LogP contribution in [0.25, 0.3) is 0 Å². The van der Waals surface area contributed by atoms with Gasteiger partial charge in [0.15, 0.2) is 6.29 Å². The summed E-state index contributed by atoms with van der Waals surface area (Å²) in [5.74, 6) is -1.49. The van der Waals surface area contributed by atoms with E-state index in [9.17, 15) is 22.4 Å². The molecule has 37 heavy (non-hydrogen) atoms. The van der Waals surface area contributed by atoms with Gasteiger partial charge in [-0.3, -0.25) is 4.79 Å². The lowest BCUT2D eigenvalue weighted by atomic mass is 9.97. The Morgan fingerprint density at radius 1 is 1.16 bits per heavy atom. The molecule has 0 radical (unpaired) electrons. The van der Waals surface area contributed by atoms with Crippen LogP contribution in [0.15, 0.2) is 42.5 Å². The molecule has 3 aromatic carbocycles. The number of anilines is 4. The fraction of sp³-hybridized carbons (Fsp3) is 0.269. The van der Waals surface area contributed by atoms with Crippen molar-refractivity contribution >= 4 is 40.3 Å². The van der Waals surface area contributed by atoms with E-state index in [0.717, 1.165) is 22.5 Å². The van der Waals surface area contributed by atoms with E-state index in [2.05, 4.69) is 21.3 Å². The lowest BCUT2D eigenvalue weighted by Gasteiger charge is -2.19. The number of halogens is 5. The second-order valence-corrected chi connectivity index (χ2v) is 10.0. The van der Waals surface area contributed by atoms with E-state index >= 15 is 0 Å². The third kappa shape index (κ3) is 4.73. The van der Waals surface area contributed by atoms with Gasteiger partial charge in [0.2, 0.25) is 0 Å². The Balaban J connectivity index is 1.48. The molecule has 2 aliphatic heterocycles. The van der Waals surface area contributed by atoms with Crippen LogP contribution in [0.1, 0.15) is 40.9 Å². The van der Waals surface area contributed by atoms with Crippen molar-refractivity contribution in [3.8, 4) is 5.75 Å². The highest BCUT2D eigenvalue weighted by Gasteiger charge is 2.39. The predicted molar refractivity (Wildman–Crippen MR) is 135 cm³/mol. The molecule has 4 N–H and O–H groups in total. The molecule has 0 fully saturated rings. The first-order chi connectivity index (χ1) is 17.3. The Morgan fingerprint density at radius 2 is 1.92 bits per heavy atom. The minimum absolute atomic E-state index is 0.0695. The summed E-state index contributed by atoms with van der Waals surface area (Å²) in [6.45, 7) is 5.64. The number of fused-ring (bicyclic) bond motifs is 3. The molecule has 3 aromatic rings. The summed E-state index contributed by atoms with van der Waals surface area (Å²) in [6, 6.07) is 8.91. The number of rotatable bonds is 4. The molecular formula is C26H23ClF4N4O2. The Labute approximate surface area is 215 Å². The number of carbonyl (C=O) groups excluding carboxylic acids is 1. The van der Waals surface area contributed by atoms with E-state index in [-0.39, 0.29) is 11.3 Å². The molecule has 0 spiro atoms.